The largest absolute Gasteiger partial charge is 0.389 e. The summed E-state index contributed by atoms with van der Waals surface area (Å²) in [5.74, 6) is -1.21. The van der Waals surface area contributed by atoms with E-state index in [-0.39, 0.29) is 11.8 Å². The number of ether oxygens (including phenoxy) is 1. The van der Waals surface area contributed by atoms with E-state index in [2.05, 4.69) is 19.6 Å². The third-order valence-corrected chi connectivity index (χ3v) is 6.31. The summed E-state index contributed by atoms with van der Waals surface area (Å²) in [6, 6.07) is 8.63. The molecule has 0 N–H and O–H groups in total. The van der Waals surface area contributed by atoms with Crippen LogP contribution >= 0.6 is 0 Å². The molecular formula is C20H30N2O4Si. The summed E-state index contributed by atoms with van der Waals surface area (Å²) < 4.78 is 12.3. The molecule has 3 fully saturated rings. The highest BCUT2D eigenvalue weighted by Gasteiger charge is 2.57. The maximum atomic E-state index is 13.6. The molecule has 6 nitrogen and oxygen atoms in total. The molecule has 27 heavy (non-hydrogen) atoms. The summed E-state index contributed by atoms with van der Waals surface area (Å²) in [6.07, 6.45) is 2.00. The first-order valence-electron chi connectivity index (χ1n) is 9.55. The van der Waals surface area contributed by atoms with Gasteiger partial charge in [-0.25, -0.2) is 0 Å². The SMILES string of the molecule is CO[C@]1(O[Si](C)(C)C)CCC[C@@H]2C(=O)N(C)[C@H]1C(=O)N2Cc1ccccc1. The van der Waals surface area contributed by atoms with Gasteiger partial charge in [-0.1, -0.05) is 30.3 Å². The van der Waals surface area contributed by atoms with E-state index < -0.39 is 26.2 Å². The molecule has 0 aromatic heterocycles. The van der Waals surface area contributed by atoms with Crippen LogP contribution < -0.4 is 0 Å². The normalized spacial score (nSPS) is 29.1. The van der Waals surface area contributed by atoms with Crippen LogP contribution in [0.25, 0.3) is 0 Å². The predicted molar refractivity (Wildman–Crippen MR) is 105 cm³/mol. The lowest BCUT2D eigenvalue weighted by atomic mass is 9.87. The molecule has 2 bridgehead atoms. The molecule has 0 unspecified atom stereocenters. The van der Waals surface area contributed by atoms with Gasteiger partial charge in [-0.2, -0.15) is 0 Å². The molecule has 3 aliphatic rings. The highest BCUT2D eigenvalue weighted by molar-refractivity contribution is 6.69. The lowest BCUT2D eigenvalue weighted by Crippen LogP contribution is -2.72. The summed E-state index contributed by atoms with van der Waals surface area (Å²) in [5, 5.41) is 0. The zero-order chi connectivity index (χ0) is 19.8. The van der Waals surface area contributed by atoms with Crippen LogP contribution in [-0.4, -0.2) is 62.0 Å². The second-order valence-electron chi connectivity index (χ2n) is 8.44. The van der Waals surface area contributed by atoms with Gasteiger partial charge in [0.15, 0.2) is 20.1 Å². The van der Waals surface area contributed by atoms with Crippen LogP contribution in [0.15, 0.2) is 30.3 Å². The molecular weight excluding hydrogens is 360 g/mol. The van der Waals surface area contributed by atoms with Crippen molar-refractivity contribution in [3.05, 3.63) is 35.9 Å². The Morgan fingerprint density at radius 2 is 1.81 bits per heavy atom. The van der Waals surface area contributed by atoms with Crippen LogP contribution in [0.4, 0.5) is 0 Å². The van der Waals surface area contributed by atoms with Crippen LogP contribution in [0.2, 0.25) is 19.6 Å². The zero-order valence-corrected chi connectivity index (χ0v) is 17.9. The van der Waals surface area contributed by atoms with Gasteiger partial charge < -0.3 is 19.0 Å². The molecule has 0 radical (unpaired) electrons. The number of methoxy groups -OCH3 is 1. The van der Waals surface area contributed by atoms with Crippen molar-refractivity contribution in [1.82, 2.24) is 9.80 Å². The number of nitrogens with zero attached hydrogens (tertiary/aromatic N) is 2. The van der Waals surface area contributed by atoms with E-state index in [1.165, 1.54) is 0 Å². The van der Waals surface area contributed by atoms with Gasteiger partial charge >= 0.3 is 0 Å². The summed E-state index contributed by atoms with van der Waals surface area (Å²) >= 11 is 0. The number of likely N-dealkylation sites (N-methyl/N-ethyl adjacent to an activating group) is 1. The Morgan fingerprint density at radius 3 is 2.41 bits per heavy atom. The number of carbonyl (C=O) groups excluding carboxylic acids is 2. The van der Waals surface area contributed by atoms with Crippen molar-refractivity contribution in [2.75, 3.05) is 14.2 Å². The first kappa shape index (κ1) is 20.0. The number of carbonyl (C=O) groups is 2. The second-order valence-corrected chi connectivity index (χ2v) is 12.9. The molecule has 4 rings (SSSR count). The van der Waals surface area contributed by atoms with Crippen molar-refractivity contribution in [1.29, 1.82) is 0 Å². The fourth-order valence-corrected chi connectivity index (χ4v) is 5.60. The number of hydrogen-bond acceptors (Lipinski definition) is 4. The average molecular weight is 391 g/mol. The maximum absolute atomic E-state index is 13.6. The average Bonchev–Trinajstić information content (AvgIpc) is 2.60. The molecule has 3 atom stereocenters. The van der Waals surface area contributed by atoms with E-state index in [4.69, 9.17) is 9.16 Å². The summed E-state index contributed by atoms with van der Waals surface area (Å²) in [7, 11) is 1.25. The third kappa shape index (κ3) is 3.81. The molecule has 3 saturated heterocycles. The quantitative estimate of drug-likeness (QED) is 0.573. The van der Waals surface area contributed by atoms with E-state index in [1.54, 1.807) is 24.0 Å². The highest BCUT2D eigenvalue weighted by Crippen LogP contribution is 2.39. The van der Waals surface area contributed by atoms with Crippen molar-refractivity contribution >= 4 is 20.1 Å². The Labute approximate surface area is 162 Å². The highest BCUT2D eigenvalue weighted by atomic mass is 28.4. The Morgan fingerprint density at radius 1 is 1.15 bits per heavy atom. The smallest absolute Gasteiger partial charge is 0.251 e. The van der Waals surface area contributed by atoms with Crippen LogP contribution in [0, 0.1) is 0 Å². The van der Waals surface area contributed by atoms with Crippen molar-refractivity contribution in [3.8, 4) is 0 Å². The van der Waals surface area contributed by atoms with Gasteiger partial charge in [0.1, 0.15) is 6.04 Å². The van der Waals surface area contributed by atoms with Crippen molar-refractivity contribution < 1.29 is 18.8 Å². The van der Waals surface area contributed by atoms with Crippen molar-refractivity contribution in [2.24, 2.45) is 0 Å². The Kier molecular flexibility index (Phi) is 5.47. The molecule has 0 spiro atoms. The number of piperazine rings is 1. The Balaban J connectivity index is 2.01. The van der Waals surface area contributed by atoms with Gasteiger partial charge in [0.25, 0.3) is 5.91 Å². The fraction of sp³-hybridized carbons (Fsp3) is 0.600. The standard InChI is InChI=1S/C20H30N2O4Si/c1-21-17-19(24)22(14-15-10-7-6-8-11-15)16(18(21)23)12-9-13-20(17,25-2)26-27(3,4)5/h6-8,10-11,16-17H,9,12-14H2,1-5H3/t16-,17+,20+/m1/s1. The van der Waals surface area contributed by atoms with Gasteiger partial charge in [0.2, 0.25) is 5.91 Å². The van der Waals surface area contributed by atoms with Crippen molar-refractivity contribution in [3.63, 3.8) is 0 Å². The molecule has 7 heteroatoms. The van der Waals surface area contributed by atoms with E-state index in [0.717, 1.165) is 12.0 Å². The van der Waals surface area contributed by atoms with Crippen LogP contribution in [0.3, 0.4) is 0 Å². The monoisotopic (exact) mass is 390 g/mol. The van der Waals surface area contributed by atoms with Gasteiger partial charge in [-0.3, -0.25) is 9.59 Å². The van der Waals surface area contributed by atoms with Gasteiger partial charge in [-0.05, 0) is 38.0 Å². The molecule has 3 aliphatic heterocycles. The minimum atomic E-state index is -2.03. The van der Waals surface area contributed by atoms with E-state index >= 15 is 0 Å². The number of fused-ring (bicyclic) bond motifs is 5. The van der Waals surface area contributed by atoms with E-state index in [9.17, 15) is 9.59 Å². The summed E-state index contributed by atoms with van der Waals surface area (Å²) in [5.41, 5.74) is 1.02. The van der Waals surface area contributed by atoms with Gasteiger partial charge in [-0.15, -0.1) is 0 Å². The summed E-state index contributed by atoms with van der Waals surface area (Å²) in [6.45, 7) is 6.65. The van der Waals surface area contributed by atoms with Crippen LogP contribution in [0.1, 0.15) is 24.8 Å². The molecule has 0 aliphatic carbocycles. The first-order valence-corrected chi connectivity index (χ1v) is 13.0. The van der Waals surface area contributed by atoms with Crippen LogP contribution in [0.5, 0.6) is 0 Å². The topological polar surface area (TPSA) is 59.1 Å². The van der Waals surface area contributed by atoms with Gasteiger partial charge in [0, 0.05) is 27.1 Å². The number of rotatable bonds is 5. The number of amides is 2. The lowest BCUT2D eigenvalue weighted by molar-refractivity contribution is -0.232. The Bertz CT molecular complexity index is 706. The lowest BCUT2D eigenvalue weighted by Gasteiger charge is -2.53. The van der Waals surface area contributed by atoms with Crippen molar-refractivity contribution in [2.45, 2.75) is 63.3 Å². The predicted octanol–water partition coefficient (Wildman–Crippen LogP) is 2.60. The minimum absolute atomic E-state index is 0.0316. The molecule has 1 aromatic carbocycles. The first-order chi connectivity index (χ1) is 12.7. The third-order valence-electron chi connectivity index (χ3n) is 5.35. The minimum Gasteiger partial charge on any atom is -0.389 e. The summed E-state index contributed by atoms with van der Waals surface area (Å²) in [4.78, 5) is 30.0. The van der Waals surface area contributed by atoms with E-state index in [1.807, 2.05) is 30.3 Å². The van der Waals surface area contributed by atoms with Crippen LogP contribution in [-0.2, 0) is 25.3 Å². The van der Waals surface area contributed by atoms with Gasteiger partial charge in [0.05, 0.1) is 0 Å². The molecule has 2 amide bonds. The fourth-order valence-electron chi connectivity index (χ4n) is 4.26. The number of hydrogen-bond donors (Lipinski definition) is 0. The second kappa shape index (κ2) is 7.37. The molecule has 1 aromatic rings. The van der Waals surface area contributed by atoms with E-state index in [0.29, 0.717) is 19.4 Å². The Hall–Kier alpha value is -1.70. The zero-order valence-electron chi connectivity index (χ0n) is 16.9. The molecule has 0 saturated carbocycles. The number of benzene rings is 1. The maximum Gasteiger partial charge on any atom is 0.251 e. The molecule has 148 valence electrons. The molecule has 3 heterocycles.